The van der Waals surface area contributed by atoms with E-state index in [1.165, 1.54) is 12.1 Å². The van der Waals surface area contributed by atoms with Crippen molar-refractivity contribution in [1.29, 1.82) is 0 Å². The Kier molecular flexibility index (Phi) is 4.43. The highest BCUT2D eigenvalue weighted by molar-refractivity contribution is 5.72. The third-order valence-corrected chi connectivity index (χ3v) is 5.36. The maximum Gasteiger partial charge on any atom is 0.166 e. The van der Waals surface area contributed by atoms with Crippen molar-refractivity contribution in [3.05, 3.63) is 77.6 Å². The van der Waals surface area contributed by atoms with E-state index in [0.29, 0.717) is 24.5 Å². The van der Waals surface area contributed by atoms with E-state index < -0.39 is 0 Å². The summed E-state index contributed by atoms with van der Waals surface area (Å²) < 4.78 is 22.0. The number of nitrogens with zero attached hydrogens (tertiary/aromatic N) is 4. The molecule has 0 saturated carbocycles. The van der Waals surface area contributed by atoms with Crippen LogP contribution in [-0.2, 0) is 19.6 Å². The van der Waals surface area contributed by atoms with E-state index in [1.807, 2.05) is 36.0 Å². The van der Waals surface area contributed by atoms with E-state index in [2.05, 4.69) is 15.1 Å². The van der Waals surface area contributed by atoms with Crippen LogP contribution in [0, 0.1) is 5.82 Å². The number of hydrogen-bond acceptors (Lipinski definition) is 5. The second-order valence-electron chi connectivity index (χ2n) is 7.21. The minimum absolute atomic E-state index is 0.163. The summed E-state index contributed by atoms with van der Waals surface area (Å²) in [5.41, 5.74) is 12.4. The van der Waals surface area contributed by atoms with Crippen LogP contribution in [0.2, 0.25) is 0 Å². The molecule has 2 N–H and O–H groups in total. The summed E-state index contributed by atoms with van der Waals surface area (Å²) in [6, 6.07) is 10.5. The zero-order chi connectivity index (χ0) is 20.7. The van der Waals surface area contributed by atoms with Crippen molar-refractivity contribution in [2.24, 2.45) is 0 Å². The molecule has 1 aliphatic rings. The second-order valence-corrected chi connectivity index (χ2v) is 7.21. The van der Waals surface area contributed by atoms with Crippen LogP contribution in [0.3, 0.4) is 0 Å². The molecule has 5 rings (SSSR count). The van der Waals surface area contributed by atoms with Crippen molar-refractivity contribution >= 4 is 5.82 Å². The Hall–Kier alpha value is -3.74. The topological polar surface area (TPSA) is 78.9 Å². The first-order valence-electron chi connectivity index (χ1n) is 9.80. The molecule has 4 aromatic rings. The molecule has 1 aliphatic heterocycles. The van der Waals surface area contributed by atoms with Gasteiger partial charge >= 0.3 is 0 Å². The van der Waals surface area contributed by atoms with Gasteiger partial charge in [-0.3, -0.25) is 9.67 Å². The third-order valence-electron chi connectivity index (χ3n) is 5.36. The summed E-state index contributed by atoms with van der Waals surface area (Å²) in [6.45, 7) is 2.92. The number of halogens is 1. The van der Waals surface area contributed by atoms with Crippen molar-refractivity contribution < 1.29 is 9.13 Å². The minimum atomic E-state index is -0.318. The Morgan fingerprint density at radius 3 is 2.87 bits per heavy atom. The number of hydrogen-bond donors (Lipinski definition) is 1. The van der Waals surface area contributed by atoms with Gasteiger partial charge in [-0.1, -0.05) is 12.1 Å². The molecular formula is C23H20FN5O. The highest BCUT2D eigenvalue weighted by Crippen LogP contribution is 2.35. The first-order valence-corrected chi connectivity index (χ1v) is 9.80. The summed E-state index contributed by atoms with van der Waals surface area (Å²) >= 11 is 0. The van der Waals surface area contributed by atoms with Gasteiger partial charge in [0.15, 0.2) is 11.6 Å². The molecule has 0 amide bonds. The van der Waals surface area contributed by atoms with E-state index in [0.717, 1.165) is 39.2 Å². The summed E-state index contributed by atoms with van der Waals surface area (Å²) in [7, 11) is 0. The van der Waals surface area contributed by atoms with Crippen LogP contribution in [-0.4, -0.2) is 19.7 Å². The number of pyridine rings is 2. The van der Waals surface area contributed by atoms with Gasteiger partial charge in [0.25, 0.3) is 0 Å². The molecule has 1 aromatic carbocycles. The smallest absolute Gasteiger partial charge is 0.166 e. The maximum absolute atomic E-state index is 14.0. The fraction of sp³-hybridized carbons (Fsp3) is 0.174. The molecule has 30 heavy (non-hydrogen) atoms. The van der Waals surface area contributed by atoms with E-state index in [9.17, 15) is 4.39 Å². The first kappa shape index (κ1) is 18.3. The third kappa shape index (κ3) is 3.08. The summed E-state index contributed by atoms with van der Waals surface area (Å²) in [5.74, 6) is 0.436. The Morgan fingerprint density at radius 1 is 1.10 bits per heavy atom. The number of nitrogen functional groups attached to an aromatic ring is 1. The molecule has 0 saturated heterocycles. The monoisotopic (exact) mass is 401 g/mol. The highest BCUT2D eigenvalue weighted by Gasteiger charge is 2.20. The number of benzene rings is 1. The van der Waals surface area contributed by atoms with E-state index >= 15 is 0 Å². The lowest BCUT2D eigenvalue weighted by Gasteiger charge is -2.17. The lowest BCUT2D eigenvalue weighted by atomic mass is 9.95. The highest BCUT2D eigenvalue weighted by atomic mass is 19.1. The molecule has 150 valence electrons. The van der Waals surface area contributed by atoms with Crippen molar-refractivity contribution in [3.8, 4) is 28.1 Å². The van der Waals surface area contributed by atoms with Gasteiger partial charge in [0.1, 0.15) is 12.4 Å². The number of rotatable bonds is 1. The fourth-order valence-electron chi connectivity index (χ4n) is 3.93. The predicted molar refractivity (Wildman–Crippen MR) is 112 cm³/mol. The van der Waals surface area contributed by atoms with Crippen LogP contribution in [0.15, 0.2) is 55.0 Å². The summed E-state index contributed by atoms with van der Waals surface area (Å²) in [5, 5.41) is 4.55. The standard InChI is InChI=1S/C23H20FN5O/c1-2-29-22-14(12-28-29)9-20-19(4-3-7-26-20)18-6-5-17(24)8-16(18)13-30-21-10-15(22)11-27-23(21)25/h3-8,10-12H,2,9,13H2,1H3,(H2,25,27). The summed E-state index contributed by atoms with van der Waals surface area (Å²) in [6.07, 6.45) is 5.96. The quantitative estimate of drug-likeness (QED) is 0.516. The van der Waals surface area contributed by atoms with E-state index in [1.54, 1.807) is 18.5 Å². The molecule has 0 atom stereocenters. The lowest BCUT2D eigenvalue weighted by molar-refractivity contribution is 0.307. The molecule has 6 nitrogen and oxygen atoms in total. The van der Waals surface area contributed by atoms with Crippen molar-refractivity contribution in [2.75, 3.05) is 5.73 Å². The first-order chi connectivity index (χ1) is 14.6. The fourth-order valence-corrected chi connectivity index (χ4v) is 3.93. The SMILES string of the molecule is CCn1ncc2c1-c1cnc(N)c(c1)OCc1cc(F)ccc1-c1cccnc1C2. The van der Waals surface area contributed by atoms with Gasteiger partial charge in [-0.05, 0) is 36.8 Å². The molecule has 4 heterocycles. The Balaban J connectivity index is 1.78. The summed E-state index contributed by atoms with van der Waals surface area (Å²) in [4.78, 5) is 8.96. The van der Waals surface area contributed by atoms with Gasteiger partial charge in [-0.25, -0.2) is 9.37 Å². The van der Waals surface area contributed by atoms with Crippen molar-refractivity contribution in [3.63, 3.8) is 0 Å². The van der Waals surface area contributed by atoms with Crippen molar-refractivity contribution in [1.82, 2.24) is 19.7 Å². The normalized spacial score (nSPS) is 12.6. The maximum atomic E-state index is 14.0. The van der Waals surface area contributed by atoms with Gasteiger partial charge in [-0.15, -0.1) is 0 Å². The molecule has 7 heteroatoms. The van der Waals surface area contributed by atoms with E-state index in [-0.39, 0.29) is 12.4 Å². The van der Waals surface area contributed by atoms with Gasteiger partial charge in [0, 0.05) is 47.6 Å². The van der Waals surface area contributed by atoms with Crippen LogP contribution in [0.4, 0.5) is 10.2 Å². The molecule has 0 aliphatic carbocycles. The molecule has 2 bridgehead atoms. The van der Waals surface area contributed by atoms with Crippen molar-refractivity contribution in [2.45, 2.75) is 26.5 Å². The van der Waals surface area contributed by atoms with Crippen LogP contribution in [0.5, 0.6) is 5.75 Å². The number of ether oxygens (including phenoxy) is 1. The Bertz CT molecular complexity index is 1250. The number of fused-ring (bicyclic) bond motifs is 7. The molecule has 0 unspecified atom stereocenters. The molecule has 3 aromatic heterocycles. The lowest BCUT2D eigenvalue weighted by Crippen LogP contribution is -2.07. The molecule has 0 spiro atoms. The van der Waals surface area contributed by atoms with Gasteiger partial charge in [0.05, 0.1) is 17.6 Å². The predicted octanol–water partition coefficient (Wildman–Crippen LogP) is 4.23. The zero-order valence-corrected chi connectivity index (χ0v) is 16.5. The number of aromatic nitrogens is 4. The number of aryl methyl sites for hydroxylation is 1. The molecule has 0 radical (unpaired) electrons. The Labute approximate surface area is 173 Å². The minimum Gasteiger partial charge on any atom is -0.485 e. The number of nitrogens with two attached hydrogens (primary N) is 1. The average Bonchev–Trinajstić information content (AvgIpc) is 3.16. The zero-order valence-electron chi connectivity index (χ0n) is 16.5. The second kappa shape index (κ2) is 7.26. The van der Waals surface area contributed by atoms with Crippen LogP contribution in [0.25, 0.3) is 22.4 Å². The number of anilines is 1. The van der Waals surface area contributed by atoms with Gasteiger partial charge < -0.3 is 10.5 Å². The van der Waals surface area contributed by atoms with Gasteiger partial charge in [-0.2, -0.15) is 5.10 Å². The van der Waals surface area contributed by atoms with E-state index in [4.69, 9.17) is 10.5 Å². The van der Waals surface area contributed by atoms with Crippen LogP contribution >= 0.6 is 0 Å². The van der Waals surface area contributed by atoms with Crippen LogP contribution in [0.1, 0.15) is 23.7 Å². The largest absolute Gasteiger partial charge is 0.485 e. The Morgan fingerprint density at radius 2 is 2.00 bits per heavy atom. The average molecular weight is 401 g/mol. The van der Waals surface area contributed by atoms with Gasteiger partial charge in [0.2, 0.25) is 0 Å². The van der Waals surface area contributed by atoms with Crippen LogP contribution < -0.4 is 10.5 Å². The molecule has 0 fully saturated rings. The molecular weight excluding hydrogens is 381 g/mol.